The number of rotatable bonds is 8. The van der Waals surface area contributed by atoms with Gasteiger partial charge in [-0.05, 0) is 53.6 Å². The zero-order valence-electron chi connectivity index (χ0n) is 17.4. The van der Waals surface area contributed by atoms with Gasteiger partial charge in [-0.15, -0.1) is 0 Å². The fourth-order valence-corrected chi connectivity index (χ4v) is 3.76. The Morgan fingerprint density at radius 3 is 2.30 bits per heavy atom. The fourth-order valence-electron chi connectivity index (χ4n) is 3.76. The maximum Gasteiger partial charge on any atom is 0.124 e. The first-order valence-electron chi connectivity index (χ1n) is 10.2. The van der Waals surface area contributed by atoms with Gasteiger partial charge in [-0.3, -0.25) is 0 Å². The van der Waals surface area contributed by atoms with E-state index in [1.807, 2.05) is 36.4 Å². The number of nitrogens with one attached hydrogen (secondary N) is 2. The largest absolute Gasteiger partial charge is 0.497 e. The van der Waals surface area contributed by atoms with Gasteiger partial charge >= 0.3 is 0 Å². The van der Waals surface area contributed by atoms with Crippen molar-refractivity contribution < 1.29 is 14.2 Å². The molecule has 0 amide bonds. The molecule has 0 aliphatic carbocycles. The maximum atomic E-state index is 6.40. The van der Waals surface area contributed by atoms with E-state index >= 15 is 0 Å². The highest BCUT2D eigenvalue weighted by Crippen LogP contribution is 2.31. The van der Waals surface area contributed by atoms with Crippen molar-refractivity contribution in [3.63, 3.8) is 0 Å². The topological polar surface area (TPSA) is 51.8 Å². The number of anilines is 1. The minimum atomic E-state index is -0.0127. The zero-order chi connectivity index (χ0) is 20.8. The van der Waals surface area contributed by atoms with Crippen LogP contribution in [0.5, 0.6) is 17.2 Å². The molecule has 0 fully saturated rings. The van der Waals surface area contributed by atoms with Crippen molar-refractivity contribution >= 4 is 5.69 Å². The van der Waals surface area contributed by atoms with Crippen LogP contribution in [0.15, 0.2) is 72.8 Å². The lowest BCUT2D eigenvalue weighted by molar-refractivity contribution is 0.172. The number of fused-ring (bicyclic) bond motifs is 1. The van der Waals surface area contributed by atoms with Gasteiger partial charge in [0.2, 0.25) is 0 Å². The number of benzene rings is 3. The Balaban J connectivity index is 1.49. The highest BCUT2D eigenvalue weighted by atomic mass is 16.5. The van der Waals surface area contributed by atoms with Crippen molar-refractivity contribution in [2.75, 3.05) is 26.1 Å². The lowest BCUT2D eigenvalue weighted by atomic mass is 9.94. The smallest absolute Gasteiger partial charge is 0.124 e. The van der Waals surface area contributed by atoms with Gasteiger partial charge in [0.1, 0.15) is 23.4 Å². The van der Waals surface area contributed by atoms with E-state index < -0.39 is 0 Å². The molecular formula is C25H28N2O3. The van der Waals surface area contributed by atoms with Crippen LogP contribution in [0, 0.1) is 0 Å². The number of methoxy groups -OCH3 is 2. The summed E-state index contributed by atoms with van der Waals surface area (Å²) in [6.45, 7) is 1.62. The van der Waals surface area contributed by atoms with E-state index in [1.165, 1.54) is 11.1 Å². The van der Waals surface area contributed by atoms with E-state index in [4.69, 9.17) is 14.2 Å². The van der Waals surface area contributed by atoms with E-state index in [2.05, 4.69) is 47.0 Å². The van der Waals surface area contributed by atoms with Gasteiger partial charge in [-0.1, -0.05) is 30.3 Å². The molecule has 3 aromatic rings. The Bertz CT molecular complexity index is 944. The van der Waals surface area contributed by atoms with E-state index in [0.717, 1.165) is 42.4 Å². The molecule has 0 radical (unpaired) electrons. The Hall–Kier alpha value is -3.18. The van der Waals surface area contributed by atoms with Gasteiger partial charge in [-0.25, -0.2) is 0 Å². The summed E-state index contributed by atoms with van der Waals surface area (Å²) in [4.78, 5) is 0. The van der Waals surface area contributed by atoms with Crippen LogP contribution >= 0.6 is 0 Å². The highest BCUT2D eigenvalue weighted by Gasteiger charge is 2.30. The minimum Gasteiger partial charge on any atom is -0.497 e. The standard InChI is InChI=1S/C25H28N2O3/c1-28-20-8-10-21(11-9-20)30-25-15-19-14-22(29-2)12-13-23(19)27-24(25)17-26-16-18-6-4-3-5-7-18/h3-14,24-27H,15-17H2,1-2H3/t24-,25-/m1/s1. The van der Waals surface area contributed by atoms with Crippen LogP contribution in [-0.2, 0) is 13.0 Å². The lowest BCUT2D eigenvalue weighted by Crippen LogP contribution is -2.48. The third kappa shape index (κ3) is 4.86. The van der Waals surface area contributed by atoms with Gasteiger partial charge in [-0.2, -0.15) is 0 Å². The van der Waals surface area contributed by atoms with Crippen molar-refractivity contribution in [1.29, 1.82) is 0 Å². The molecule has 5 heteroatoms. The SMILES string of the molecule is COc1ccc(O[C@@H]2Cc3cc(OC)ccc3N[C@@H]2CNCc2ccccc2)cc1. The third-order valence-corrected chi connectivity index (χ3v) is 5.41. The molecule has 0 aromatic heterocycles. The van der Waals surface area contributed by atoms with Crippen molar-refractivity contribution in [1.82, 2.24) is 5.32 Å². The molecule has 156 valence electrons. The molecule has 2 N–H and O–H groups in total. The lowest BCUT2D eigenvalue weighted by Gasteiger charge is -2.35. The Kier molecular flexibility index (Phi) is 6.40. The summed E-state index contributed by atoms with van der Waals surface area (Å²) in [6.07, 6.45) is 0.796. The van der Waals surface area contributed by atoms with Gasteiger partial charge in [0.25, 0.3) is 0 Å². The molecule has 0 unspecified atom stereocenters. The molecular weight excluding hydrogens is 376 g/mol. The summed E-state index contributed by atoms with van der Waals surface area (Å²) in [5.41, 5.74) is 3.61. The Morgan fingerprint density at radius 2 is 1.57 bits per heavy atom. The molecule has 4 rings (SSSR count). The van der Waals surface area contributed by atoms with Crippen molar-refractivity contribution in [3.05, 3.63) is 83.9 Å². The molecule has 1 aliphatic rings. The summed E-state index contributed by atoms with van der Waals surface area (Å²) in [7, 11) is 3.36. The maximum absolute atomic E-state index is 6.40. The average molecular weight is 405 g/mol. The van der Waals surface area contributed by atoms with E-state index in [9.17, 15) is 0 Å². The first-order valence-corrected chi connectivity index (χ1v) is 10.2. The molecule has 0 saturated heterocycles. The van der Waals surface area contributed by atoms with Crippen LogP contribution in [0.25, 0.3) is 0 Å². The second-order valence-corrected chi connectivity index (χ2v) is 7.43. The quantitative estimate of drug-likeness (QED) is 0.587. The summed E-state index contributed by atoms with van der Waals surface area (Å²) in [5, 5.41) is 7.23. The third-order valence-electron chi connectivity index (χ3n) is 5.41. The van der Waals surface area contributed by atoms with Crippen LogP contribution in [-0.4, -0.2) is 32.9 Å². The van der Waals surface area contributed by atoms with Gasteiger partial charge in [0, 0.05) is 25.2 Å². The first-order chi connectivity index (χ1) is 14.7. The van der Waals surface area contributed by atoms with E-state index in [0.29, 0.717) is 0 Å². The van der Waals surface area contributed by atoms with E-state index in [-0.39, 0.29) is 12.1 Å². The number of ether oxygens (including phenoxy) is 3. The highest BCUT2D eigenvalue weighted by molar-refractivity contribution is 5.57. The predicted octanol–water partition coefficient (Wildman–Crippen LogP) is 4.28. The molecule has 1 heterocycles. The molecule has 0 spiro atoms. The molecule has 3 aromatic carbocycles. The van der Waals surface area contributed by atoms with Gasteiger partial charge in [0.15, 0.2) is 0 Å². The van der Waals surface area contributed by atoms with Crippen molar-refractivity contribution in [2.45, 2.75) is 25.1 Å². The predicted molar refractivity (Wildman–Crippen MR) is 120 cm³/mol. The van der Waals surface area contributed by atoms with E-state index in [1.54, 1.807) is 14.2 Å². The van der Waals surface area contributed by atoms with Gasteiger partial charge in [0.05, 0.1) is 20.3 Å². The van der Waals surface area contributed by atoms with Crippen LogP contribution in [0.2, 0.25) is 0 Å². The summed E-state index contributed by atoms with van der Waals surface area (Å²) in [6, 6.07) is 24.5. The molecule has 1 aliphatic heterocycles. The summed E-state index contributed by atoms with van der Waals surface area (Å²) >= 11 is 0. The summed E-state index contributed by atoms with van der Waals surface area (Å²) < 4.78 is 17.1. The molecule has 0 saturated carbocycles. The number of hydrogen-bond acceptors (Lipinski definition) is 5. The minimum absolute atomic E-state index is 0.0127. The van der Waals surface area contributed by atoms with Crippen LogP contribution in [0.4, 0.5) is 5.69 Å². The Morgan fingerprint density at radius 1 is 0.867 bits per heavy atom. The molecule has 5 nitrogen and oxygen atoms in total. The second kappa shape index (κ2) is 9.55. The Labute approximate surface area is 178 Å². The van der Waals surface area contributed by atoms with Crippen LogP contribution in [0.3, 0.4) is 0 Å². The molecule has 0 bridgehead atoms. The molecule has 30 heavy (non-hydrogen) atoms. The monoisotopic (exact) mass is 404 g/mol. The number of hydrogen-bond donors (Lipinski definition) is 2. The summed E-state index contributed by atoms with van der Waals surface area (Å²) in [5.74, 6) is 2.52. The molecule has 2 atom stereocenters. The normalized spacial score (nSPS) is 17.5. The zero-order valence-corrected chi connectivity index (χ0v) is 17.4. The van der Waals surface area contributed by atoms with Gasteiger partial charge < -0.3 is 24.8 Å². The van der Waals surface area contributed by atoms with Crippen LogP contribution in [0.1, 0.15) is 11.1 Å². The van der Waals surface area contributed by atoms with Crippen molar-refractivity contribution in [2.24, 2.45) is 0 Å². The van der Waals surface area contributed by atoms with Crippen LogP contribution < -0.4 is 24.8 Å². The van der Waals surface area contributed by atoms with Crippen molar-refractivity contribution in [3.8, 4) is 17.2 Å². The second-order valence-electron chi connectivity index (χ2n) is 7.43. The fraction of sp³-hybridized carbons (Fsp3) is 0.280. The first kappa shape index (κ1) is 20.1. The average Bonchev–Trinajstić information content (AvgIpc) is 2.80.